The molecule has 2 amide bonds. The van der Waals surface area contributed by atoms with Crippen LogP contribution in [0.5, 0.6) is 11.5 Å². The first-order valence-corrected chi connectivity index (χ1v) is 15.3. The highest BCUT2D eigenvalue weighted by molar-refractivity contribution is 7.92. The number of carbonyl (C=O) groups excluding carboxylic acids is 2. The second-order valence-electron chi connectivity index (χ2n) is 9.48. The van der Waals surface area contributed by atoms with Gasteiger partial charge < -0.3 is 19.7 Å². The summed E-state index contributed by atoms with van der Waals surface area (Å²) < 4.78 is 37.2. The quantitative estimate of drug-likeness (QED) is 0.327. The Morgan fingerprint density at radius 1 is 1.00 bits per heavy atom. The second-order valence-corrected chi connectivity index (χ2v) is 11.4. The van der Waals surface area contributed by atoms with Crippen molar-refractivity contribution in [1.29, 1.82) is 0 Å². The van der Waals surface area contributed by atoms with Gasteiger partial charge in [-0.2, -0.15) is 0 Å². The molecule has 2 aromatic rings. The Morgan fingerprint density at radius 2 is 1.69 bits per heavy atom. The van der Waals surface area contributed by atoms with Gasteiger partial charge in [0, 0.05) is 25.6 Å². The summed E-state index contributed by atoms with van der Waals surface area (Å²) in [4.78, 5) is 28.3. The Kier molecular flexibility index (Phi) is 12.6. The van der Waals surface area contributed by atoms with E-state index < -0.39 is 16.1 Å². The number of anilines is 1. The number of sulfonamides is 1. The van der Waals surface area contributed by atoms with Gasteiger partial charge in [-0.1, -0.05) is 26.0 Å². The van der Waals surface area contributed by atoms with E-state index in [2.05, 4.69) is 5.32 Å². The van der Waals surface area contributed by atoms with E-state index in [0.717, 1.165) is 18.2 Å². The van der Waals surface area contributed by atoms with E-state index in [4.69, 9.17) is 9.47 Å². The van der Waals surface area contributed by atoms with Crippen LogP contribution in [0, 0.1) is 0 Å². The summed E-state index contributed by atoms with van der Waals surface area (Å²) in [5.41, 5.74) is 1.34. The smallest absolute Gasteiger partial charge is 0.243 e. The van der Waals surface area contributed by atoms with Crippen molar-refractivity contribution in [1.82, 2.24) is 10.2 Å². The molecule has 0 spiro atoms. The number of rotatable bonds is 16. The average Bonchev–Trinajstić information content (AvgIpc) is 2.91. The highest BCUT2D eigenvalue weighted by Crippen LogP contribution is 2.23. The maximum absolute atomic E-state index is 13.6. The third-order valence-electron chi connectivity index (χ3n) is 6.46. The largest absolute Gasteiger partial charge is 0.497 e. The van der Waals surface area contributed by atoms with Crippen molar-refractivity contribution in [2.45, 2.75) is 72.0 Å². The van der Waals surface area contributed by atoms with E-state index in [9.17, 15) is 18.0 Å². The molecule has 10 heteroatoms. The van der Waals surface area contributed by atoms with Gasteiger partial charge in [0.25, 0.3) is 0 Å². The number of nitrogens with zero attached hydrogens (tertiary/aromatic N) is 2. The van der Waals surface area contributed by atoms with Crippen molar-refractivity contribution in [3.8, 4) is 11.5 Å². The Bertz CT molecular complexity index is 1170. The van der Waals surface area contributed by atoms with E-state index in [0.29, 0.717) is 30.2 Å². The highest BCUT2D eigenvalue weighted by Gasteiger charge is 2.29. The zero-order chi connectivity index (χ0) is 29.0. The van der Waals surface area contributed by atoms with E-state index in [-0.39, 0.29) is 43.8 Å². The molecule has 0 radical (unpaired) electrons. The summed E-state index contributed by atoms with van der Waals surface area (Å²) in [6.45, 7) is 8.55. The van der Waals surface area contributed by atoms with Crippen LogP contribution in [0.2, 0.25) is 0 Å². The van der Waals surface area contributed by atoms with Crippen molar-refractivity contribution >= 4 is 27.5 Å². The van der Waals surface area contributed by atoms with Gasteiger partial charge in [0.05, 0.1) is 25.7 Å². The third kappa shape index (κ3) is 9.76. The molecular weight excluding hydrogens is 518 g/mol. The first-order valence-electron chi connectivity index (χ1n) is 13.5. The van der Waals surface area contributed by atoms with Gasteiger partial charge >= 0.3 is 0 Å². The van der Waals surface area contributed by atoms with Gasteiger partial charge in [0.2, 0.25) is 21.8 Å². The molecule has 0 aromatic heterocycles. The van der Waals surface area contributed by atoms with Crippen LogP contribution in [0.4, 0.5) is 5.69 Å². The fourth-order valence-corrected chi connectivity index (χ4v) is 5.17. The minimum absolute atomic E-state index is 0.0160. The van der Waals surface area contributed by atoms with Crippen molar-refractivity contribution in [2.24, 2.45) is 0 Å². The fourth-order valence-electron chi connectivity index (χ4n) is 4.21. The van der Waals surface area contributed by atoms with Crippen LogP contribution >= 0.6 is 0 Å². The molecule has 0 fully saturated rings. The van der Waals surface area contributed by atoms with E-state index >= 15 is 0 Å². The minimum atomic E-state index is -3.58. The Balaban J connectivity index is 2.23. The first kappa shape index (κ1) is 31.9. The zero-order valence-corrected chi connectivity index (χ0v) is 24.8. The topological polar surface area (TPSA) is 105 Å². The minimum Gasteiger partial charge on any atom is -0.497 e. The summed E-state index contributed by atoms with van der Waals surface area (Å²) in [6.07, 6.45) is 2.74. The maximum Gasteiger partial charge on any atom is 0.243 e. The molecule has 9 nitrogen and oxygen atoms in total. The molecule has 216 valence electrons. The summed E-state index contributed by atoms with van der Waals surface area (Å²) in [6, 6.07) is 13.6. The van der Waals surface area contributed by atoms with Gasteiger partial charge in [0.1, 0.15) is 17.5 Å². The lowest BCUT2D eigenvalue weighted by molar-refractivity contribution is -0.141. The van der Waals surface area contributed by atoms with Gasteiger partial charge in [0.15, 0.2) is 0 Å². The molecular formula is C29H43N3O6S. The lowest BCUT2D eigenvalue weighted by Gasteiger charge is -2.32. The predicted molar refractivity (Wildman–Crippen MR) is 155 cm³/mol. The van der Waals surface area contributed by atoms with E-state index in [1.807, 2.05) is 52.0 Å². The SMILES string of the molecule is CCOc1ccc(N(CCCC(=O)N(Cc2cccc(OC)c2)[C@@H](CC)C(=O)N[C@@H](C)CC)S(C)(=O)=O)cc1. The molecule has 0 saturated heterocycles. The van der Waals surface area contributed by atoms with Crippen molar-refractivity contribution in [3.05, 3.63) is 54.1 Å². The van der Waals surface area contributed by atoms with Crippen molar-refractivity contribution < 1.29 is 27.5 Å². The Labute approximate surface area is 233 Å². The lowest BCUT2D eigenvalue weighted by Crippen LogP contribution is -2.50. The summed E-state index contributed by atoms with van der Waals surface area (Å²) in [5.74, 6) is 0.898. The summed E-state index contributed by atoms with van der Waals surface area (Å²) in [7, 11) is -2.00. The van der Waals surface area contributed by atoms with Gasteiger partial charge in [-0.25, -0.2) is 8.42 Å². The summed E-state index contributed by atoms with van der Waals surface area (Å²) in [5, 5.41) is 3.00. The molecule has 0 unspecified atom stereocenters. The zero-order valence-electron chi connectivity index (χ0n) is 24.0. The molecule has 0 aliphatic carbocycles. The number of amides is 2. The molecule has 1 N–H and O–H groups in total. The van der Waals surface area contributed by atoms with Gasteiger partial charge in [-0.05, 0) is 75.1 Å². The number of hydrogen-bond donors (Lipinski definition) is 1. The molecule has 2 rings (SSSR count). The van der Waals surface area contributed by atoms with Crippen LogP contribution in [0.1, 0.15) is 58.9 Å². The van der Waals surface area contributed by atoms with Gasteiger partial charge in [-0.3, -0.25) is 13.9 Å². The number of ether oxygens (including phenoxy) is 2. The summed E-state index contributed by atoms with van der Waals surface area (Å²) >= 11 is 0. The van der Waals surface area contributed by atoms with Gasteiger partial charge in [-0.15, -0.1) is 0 Å². The molecule has 0 aliphatic heterocycles. The van der Waals surface area contributed by atoms with Crippen LogP contribution < -0.4 is 19.1 Å². The number of carbonyl (C=O) groups is 2. The maximum atomic E-state index is 13.6. The monoisotopic (exact) mass is 561 g/mol. The van der Waals surface area contributed by atoms with Crippen LogP contribution in [0.25, 0.3) is 0 Å². The average molecular weight is 562 g/mol. The highest BCUT2D eigenvalue weighted by atomic mass is 32.2. The van der Waals surface area contributed by atoms with Crippen LogP contribution in [0.15, 0.2) is 48.5 Å². The van der Waals surface area contributed by atoms with Crippen molar-refractivity contribution in [2.75, 3.05) is 30.8 Å². The van der Waals surface area contributed by atoms with E-state index in [1.165, 1.54) is 4.31 Å². The normalized spacial score (nSPS) is 12.8. The molecule has 0 heterocycles. The fraction of sp³-hybridized carbons (Fsp3) is 0.517. The molecule has 2 atom stereocenters. The molecule has 39 heavy (non-hydrogen) atoms. The molecule has 0 saturated carbocycles. The standard InChI is InChI=1S/C29H43N3O6S/c1-7-22(4)30-29(34)27(8-2)31(21-23-12-10-13-26(20-23)37-5)28(33)14-11-19-32(39(6,35)36)24-15-17-25(18-16-24)38-9-3/h10,12-13,15-18,20,22,27H,7-9,11,14,19,21H2,1-6H3,(H,30,34)/t22-,27-/m0/s1. The van der Waals surface area contributed by atoms with E-state index in [1.54, 1.807) is 36.3 Å². The lowest BCUT2D eigenvalue weighted by atomic mass is 10.1. The van der Waals surface area contributed by atoms with Crippen LogP contribution in [-0.2, 0) is 26.2 Å². The molecule has 0 bridgehead atoms. The third-order valence-corrected chi connectivity index (χ3v) is 7.66. The van der Waals surface area contributed by atoms with Crippen LogP contribution in [-0.4, -0.2) is 63.7 Å². The number of nitrogens with one attached hydrogen (secondary N) is 1. The molecule has 0 aliphatic rings. The van der Waals surface area contributed by atoms with Crippen molar-refractivity contribution in [3.63, 3.8) is 0 Å². The number of methoxy groups -OCH3 is 1. The Hall–Kier alpha value is -3.27. The first-order chi connectivity index (χ1) is 18.5. The Morgan fingerprint density at radius 3 is 2.26 bits per heavy atom. The number of benzene rings is 2. The molecule has 2 aromatic carbocycles. The van der Waals surface area contributed by atoms with Crippen LogP contribution in [0.3, 0.4) is 0 Å². The second kappa shape index (κ2) is 15.4. The number of hydrogen-bond acceptors (Lipinski definition) is 6. The predicted octanol–water partition coefficient (Wildman–Crippen LogP) is 4.36.